The van der Waals surface area contributed by atoms with E-state index < -0.39 is 0 Å². The summed E-state index contributed by atoms with van der Waals surface area (Å²) >= 11 is 0. The third-order valence-corrected chi connectivity index (χ3v) is 2.71. The second-order valence-electron chi connectivity index (χ2n) is 4.12. The zero-order valence-electron chi connectivity index (χ0n) is 9.94. The fourth-order valence-electron chi connectivity index (χ4n) is 1.61. The highest BCUT2D eigenvalue weighted by atomic mass is 16.3. The minimum atomic E-state index is -0.119. The van der Waals surface area contributed by atoms with Gasteiger partial charge in [-0.25, -0.2) is 0 Å². The lowest BCUT2D eigenvalue weighted by Crippen LogP contribution is -2.26. The Labute approximate surface area is 100 Å². The van der Waals surface area contributed by atoms with Crippen molar-refractivity contribution in [3.63, 3.8) is 0 Å². The number of amides is 1. The summed E-state index contributed by atoms with van der Waals surface area (Å²) in [5, 5.41) is 2.92. The van der Waals surface area contributed by atoms with Gasteiger partial charge in [-0.3, -0.25) is 4.79 Å². The summed E-state index contributed by atoms with van der Waals surface area (Å²) in [4.78, 5) is 11.8. The van der Waals surface area contributed by atoms with Crippen LogP contribution < -0.4 is 5.32 Å². The van der Waals surface area contributed by atoms with E-state index in [4.69, 9.17) is 4.42 Å². The van der Waals surface area contributed by atoms with Crippen molar-refractivity contribution in [1.82, 2.24) is 5.32 Å². The molecule has 2 aromatic rings. The van der Waals surface area contributed by atoms with Crippen LogP contribution in [-0.2, 0) is 0 Å². The zero-order chi connectivity index (χ0) is 12.3. The fraction of sp³-hybridized carbons (Fsp3) is 0.214. The average Bonchev–Trinajstić information content (AvgIpc) is 2.83. The van der Waals surface area contributed by atoms with Crippen LogP contribution in [-0.4, -0.2) is 5.91 Å². The fourth-order valence-corrected chi connectivity index (χ4v) is 1.61. The normalized spacial score (nSPS) is 12.1. The van der Waals surface area contributed by atoms with Crippen molar-refractivity contribution in [3.05, 3.63) is 59.5 Å². The van der Waals surface area contributed by atoms with Crippen molar-refractivity contribution in [3.8, 4) is 0 Å². The Balaban J connectivity index is 2.04. The van der Waals surface area contributed by atoms with Gasteiger partial charge in [0, 0.05) is 0 Å². The van der Waals surface area contributed by atoms with E-state index in [1.54, 1.807) is 6.07 Å². The molecule has 88 valence electrons. The minimum absolute atomic E-state index is 0.0157. The van der Waals surface area contributed by atoms with Gasteiger partial charge in [-0.2, -0.15) is 0 Å². The molecular weight excluding hydrogens is 214 g/mol. The van der Waals surface area contributed by atoms with Crippen LogP contribution in [0.2, 0.25) is 0 Å². The van der Waals surface area contributed by atoms with Crippen molar-refractivity contribution in [2.75, 3.05) is 0 Å². The SMILES string of the molecule is Cc1ccc(C(C)NC(=O)c2ccoc2)cc1. The van der Waals surface area contributed by atoms with Gasteiger partial charge < -0.3 is 9.73 Å². The molecule has 3 nitrogen and oxygen atoms in total. The summed E-state index contributed by atoms with van der Waals surface area (Å²) in [6.45, 7) is 4.00. The second kappa shape index (κ2) is 4.87. The second-order valence-corrected chi connectivity index (χ2v) is 4.12. The molecule has 0 saturated carbocycles. The third-order valence-electron chi connectivity index (χ3n) is 2.71. The highest BCUT2D eigenvalue weighted by Crippen LogP contribution is 2.14. The predicted molar refractivity (Wildman–Crippen MR) is 65.8 cm³/mol. The standard InChI is InChI=1S/C14H15NO2/c1-10-3-5-12(6-4-10)11(2)15-14(16)13-7-8-17-9-13/h3-9,11H,1-2H3,(H,15,16). The topological polar surface area (TPSA) is 42.2 Å². The summed E-state index contributed by atoms with van der Waals surface area (Å²) in [6.07, 6.45) is 2.93. The van der Waals surface area contributed by atoms with Crippen molar-refractivity contribution in [2.45, 2.75) is 19.9 Å². The van der Waals surface area contributed by atoms with E-state index in [-0.39, 0.29) is 11.9 Å². The number of hydrogen-bond donors (Lipinski definition) is 1. The van der Waals surface area contributed by atoms with Gasteiger partial charge in [0.15, 0.2) is 0 Å². The first-order valence-electron chi connectivity index (χ1n) is 5.56. The number of furan rings is 1. The Morgan fingerprint density at radius 3 is 2.53 bits per heavy atom. The molecule has 0 saturated heterocycles. The number of rotatable bonds is 3. The van der Waals surface area contributed by atoms with Gasteiger partial charge in [-0.15, -0.1) is 0 Å². The lowest BCUT2D eigenvalue weighted by Gasteiger charge is -2.13. The van der Waals surface area contributed by atoms with Crippen molar-refractivity contribution in [1.29, 1.82) is 0 Å². The van der Waals surface area contributed by atoms with Gasteiger partial charge in [0.2, 0.25) is 0 Å². The number of aryl methyl sites for hydroxylation is 1. The molecule has 3 heteroatoms. The molecule has 17 heavy (non-hydrogen) atoms. The van der Waals surface area contributed by atoms with Crippen LogP contribution in [0, 0.1) is 6.92 Å². The van der Waals surface area contributed by atoms with Gasteiger partial charge in [0.05, 0.1) is 17.9 Å². The molecule has 1 N–H and O–H groups in total. The van der Waals surface area contributed by atoms with Crippen LogP contribution in [0.1, 0.15) is 34.5 Å². The number of carbonyl (C=O) groups is 1. The number of benzene rings is 1. The molecule has 0 aliphatic carbocycles. The van der Waals surface area contributed by atoms with Crippen molar-refractivity contribution >= 4 is 5.91 Å². The van der Waals surface area contributed by atoms with Crippen LogP contribution >= 0.6 is 0 Å². The van der Waals surface area contributed by atoms with E-state index in [2.05, 4.69) is 5.32 Å². The number of nitrogens with one attached hydrogen (secondary N) is 1. The molecule has 1 heterocycles. The summed E-state index contributed by atoms with van der Waals surface area (Å²) in [6, 6.07) is 9.76. The number of carbonyl (C=O) groups excluding carboxylic acids is 1. The van der Waals surface area contributed by atoms with Crippen LogP contribution in [0.5, 0.6) is 0 Å². The maximum Gasteiger partial charge on any atom is 0.255 e. The first-order valence-corrected chi connectivity index (χ1v) is 5.56. The summed E-state index contributed by atoms with van der Waals surface area (Å²) in [5.74, 6) is -0.119. The number of hydrogen-bond acceptors (Lipinski definition) is 2. The van der Waals surface area contributed by atoms with Crippen LogP contribution in [0.25, 0.3) is 0 Å². The Morgan fingerprint density at radius 1 is 1.24 bits per heavy atom. The predicted octanol–water partition coefficient (Wildman–Crippen LogP) is 3.08. The van der Waals surface area contributed by atoms with E-state index in [1.165, 1.54) is 18.1 Å². The highest BCUT2D eigenvalue weighted by Gasteiger charge is 2.11. The molecule has 0 radical (unpaired) electrons. The van der Waals surface area contributed by atoms with Gasteiger partial charge >= 0.3 is 0 Å². The maximum atomic E-state index is 11.8. The molecule has 0 bridgehead atoms. The molecule has 1 atom stereocenters. The summed E-state index contributed by atoms with van der Waals surface area (Å²) in [5.41, 5.74) is 2.85. The molecule has 1 unspecified atom stereocenters. The van der Waals surface area contributed by atoms with Crippen LogP contribution in [0.15, 0.2) is 47.3 Å². The van der Waals surface area contributed by atoms with Crippen LogP contribution in [0.4, 0.5) is 0 Å². The monoisotopic (exact) mass is 229 g/mol. The smallest absolute Gasteiger partial charge is 0.255 e. The molecule has 0 fully saturated rings. The first kappa shape index (κ1) is 11.5. The zero-order valence-corrected chi connectivity index (χ0v) is 9.94. The van der Waals surface area contributed by atoms with Crippen molar-refractivity contribution in [2.24, 2.45) is 0 Å². The Bertz CT molecular complexity index is 485. The third kappa shape index (κ3) is 2.75. The molecule has 1 aromatic heterocycles. The highest BCUT2D eigenvalue weighted by molar-refractivity contribution is 5.93. The largest absolute Gasteiger partial charge is 0.472 e. The molecule has 0 aliphatic heterocycles. The van der Waals surface area contributed by atoms with E-state index in [9.17, 15) is 4.79 Å². The van der Waals surface area contributed by atoms with Crippen LogP contribution in [0.3, 0.4) is 0 Å². The molecule has 0 aliphatic rings. The maximum absolute atomic E-state index is 11.8. The summed E-state index contributed by atoms with van der Waals surface area (Å²) in [7, 11) is 0. The summed E-state index contributed by atoms with van der Waals surface area (Å²) < 4.78 is 4.88. The van der Waals surface area contributed by atoms with Gasteiger partial charge in [0.25, 0.3) is 5.91 Å². The van der Waals surface area contributed by atoms with E-state index >= 15 is 0 Å². The van der Waals surface area contributed by atoms with Gasteiger partial charge in [-0.1, -0.05) is 29.8 Å². The minimum Gasteiger partial charge on any atom is -0.472 e. The molecule has 2 rings (SSSR count). The van der Waals surface area contributed by atoms with E-state index in [0.29, 0.717) is 5.56 Å². The molecule has 1 aromatic carbocycles. The van der Waals surface area contributed by atoms with E-state index in [0.717, 1.165) is 5.56 Å². The first-order chi connectivity index (χ1) is 8.16. The Morgan fingerprint density at radius 2 is 1.94 bits per heavy atom. The lowest BCUT2D eigenvalue weighted by molar-refractivity contribution is 0.0939. The van der Waals surface area contributed by atoms with Crippen molar-refractivity contribution < 1.29 is 9.21 Å². The van der Waals surface area contributed by atoms with E-state index in [1.807, 2.05) is 38.1 Å². The Kier molecular flexibility index (Phi) is 3.28. The quantitative estimate of drug-likeness (QED) is 0.878. The molecule has 0 spiro atoms. The molecule has 1 amide bonds. The molecular formula is C14H15NO2. The average molecular weight is 229 g/mol. The van der Waals surface area contributed by atoms with Gasteiger partial charge in [0.1, 0.15) is 6.26 Å². The lowest BCUT2D eigenvalue weighted by atomic mass is 10.1. The Hall–Kier alpha value is -2.03. The van der Waals surface area contributed by atoms with Gasteiger partial charge in [-0.05, 0) is 25.5 Å².